The minimum Gasteiger partial charge on any atom is -0.392 e. The van der Waals surface area contributed by atoms with E-state index < -0.39 is 0 Å². The van der Waals surface area contributed by atoms with Gasteiger partial charge in [-0.15, -0.1) is 0 Å². The fourth-order valence-electron chi connectivity index (χ4n) is 6.93. The van der Waals surface area contributed by atoms with Crippen LogP contribution in [0, 0.1) is 40.9 Å². The Labute approximate surface area is 134 Å². The molecule has 2 heteroatoms. The molecule has 122 valence electrons. The molecule has 3 saturated carbocycles. The van der Waals surface area contributed by atoms with E-state index in [2.05, 4.69) is 20.8 Å². The summed E-state index contributed by atoms with van der Waals surface area (Å²) in [4.78, 5) is 11.8. The van der Waals surface area contributed by atoms with Gasteiger partial charge in [-0.25, -0.2) is 0 Å². The Morgan fingerprint density at radius 1 is 1.23 bits per heavy atom. The summed E-state index contributed by atoms with van der Waals surface area (Å²) < 4.78 is 0. The minimum atomic E-state index is -0.115. The van der Waals surface area contributed by atoms with Crippen LogP contribution in [-0.4, -0.2) is 17.0 Å². The summed E-state index contributed by atoms with van der Waals surface area (Å²) in [6, 6.07) is 0. The third-order valence-electron chi connectivity index (χ3n) is 7.92. The quantitative estimate of drug-likeness (QED) is 0.735. The Morgan fingerprint density at radius 3 is 2.77 bits per heavy atom. The molecule has 22 heavy (non-hydrogen) atoms. The normalized spacial score (nSPS) is 54.3. The van der Waals surface area contributed by atoms with Crippen LogP contribution >= 0.6 is 0 Å². The zero-order valence-electron chi connectivity index (χ0n) is 14.2. The first-order valence-electron chi connectivity index (χ1n) is 9.33. The van der Waals surface area contributed by atoms with Crippen LogP contribution in [0.2, 0.25) is 0 Å². The summed E-state index contributed by atoms with van der Waals surface area (Å²) in [5, 5.41) is 10.7. The summed E-state index contributed by atoms with van der Waals surface area (Å²) in [7, 11) is 0. The van der Waals surface area contributed by atoms with Crippen molar-refractivity contribution in [1.29, 1.82) is 0 Å². The molecule has 4 aliphatic carbocycles. The second-order valence-corrected chi connectivity index (χ2v) is 9.06. The summed E-state index contributed by atoms with van der Waals surface area (Å²) in [6.45, 7) is 6.99. The smallest absolute Gasteiger partial charge is 0.155 e. The van der Waals surface area contributed by atoms with Crippen molar-refractivity contribution in [3.8, 4) is 0 Å². The van der Waals surface area contributed by atoms with Crippen LogP contribution in [-0.2, 0) is 4.79 Å². The first-order chi connectivity index (χ1) is 10.4. The number of aliphatic hydroxyl groups excluding tert-OH is 1. The number of carbonyl (C=O) groups is 1. The first kappa shape index (κ1) is 14.9. The molecule has 3 fully saturated rings. The highest BCUT2D eigenvalue weighted by Gasteiger charge is 2.59. The lowest BCUT2D eigenvalue weighted by atomic mass is 9.49. The van der Waals surface area contributed by atoms with E-state index in [9.17, 15) is 9.90 Å². The molecule has 0 radical (unpaired) electrons. The minimum absolute atomic E-state index is 0.115. The van der Waals surface area contributed by atoms with Crippen LogP contribution in [0.4, 0.5) is 0 Å². The van der Waals surface area contributed by atoms with Gasteiger partial charge in [0.05, 0.1) is 6.10 Å². The molecule has 0 aromatic carbocycles. The lowest BCUT2D eigenvalue weighted by molar-refractivity contribution is -0.116. The van der Waals surface area contributed by atoms with Gasteiger partial charge in [0.15, 0.2) is 5.78 Å². The maximum atomic E-state index is 11.8. The molecule has 1 N–H and O–H groups in total. The van der Waals surface area contributed by atoms with Crippen molar-refractivity contribution in [3.63, 3.8) is 0 Å². The van der Waals surface area contributed by atoms with Gasteiger partial charge in [0, 0.05) is 6.42 Å². The summed E-state index contributed by atoms with van der Waals surface area (Å²) in [5.41, 5.74) is 1.60. The van der Waals surface area contributed by atoms with Gasteiger partial charge in [0.1, 0.15) is 0 Å². The number of allylic oxidation sites excluding steroid dienone is 1. The van der Waals surface area contributed by atoms with Gasteiger partial charge >= 0.3 is 0 Å². The Balaban J connectivity index is 1.69. The highest BCUT2D eigenvalue weighted by molar-refractivity contribution is 5.91. The SMILES string of the molecule is C[C@@H]1CC2=CC(=O)CC[C@@H]2[C@H]2CC[C@]3(C)[C@H](O)[C@@H](C)C[C@@H]3[C@@H]21. The largest absolute Gasteiger partial charge is 0.392 e. The number of hydrogen-bond donors (Lipinski definition) is 1. The van der Waals surface area contributed by atoms with Gasteiger partial charge < -0.3 is 5.11 Å². The molecule has 8 atom stereocenters. The highest BCUT2D eigenvalue weighted by Crippen LogP contribution is 2.64. The zero-order chi connectivity index (χ0) is 15.6. The molecule has 4 rings (SSSR count). The molecule has 0 aliphatic heterocycles. The van der Waals surface area contributed by atoms with Crippen LogP contribution in [0.5, 0.6) is 0 Å². The first-order valence-corrected chi connectivity index (χ1v) is 9.33. The van der Waals surface area contributed by atoms with E-state index in [1.807, 2.05) is 6.08 Å². The van der Waals surface area contributed by atoms with Crippen molar-refractivity contribution in [2.24, 2.45) is 40.9 Å². The fraction of sp³-hybridized carbons (Fsp3) is 0.850. The predicted octanol–water partition coefficient (Wildman–Crippen LogP) is 3.98. The lowest BCUT2D eigenvalue weighted by Gasteiger charge is -2.55. The molecule has 4 aliphatic rings. The Kier molecular flexibility index (Phi) is 3.35. The van der Waals surface area contributed by atoms with Crippen LogP contribution in [0.1, 0.15) is 59.3 Å². The number of rotatable bonds is 0. The van der Waals surface area contributed by atoms with Crippen molar-refractivity contribution < 1.29 is 9.90 Å². The van der Waals surface area contributed by atoms with Crippen LogP contribution in [0.3, 0.4) is 0 Å². The summed E-state index contributed by atoms with van der Waals surface area (Å²) >= 11 is 0. The van der Waals surface area contributed by atoms with Crippen molar-refractivity contribution >= 4 is 5.78 Å². The van der Waals surface area contributed by atoms with E-state index in [1.165, 1.54) is 24.8 Å². The molecule has 0 bridgehead atoms. The van der Waals surface area contributed by atoms with Crippen molar-refractivity contribution in [2.45, 2.75) is 65.4 Å². The van der Waals surface area contributed by atoms with Gasteiger partial charge in [-0.05, 0) is 79.1 Å². The maximum absolute atomic E-state index is 11.8. The molecular formula is C20H30O2. The Morgan fingerprint density at radius 2 is 2.00 bits per heavy atom. The number of hydrogen-bond acceptors (Lipinski definition) is 2. The number of ketones is 1. The van der Waals surface area contributed by atoms with Crippen LogP contribution < -0.4 is 0 Å². The number of carbonyl (C=O) groups excluding carboxylic acids is 1. The molecular weight excluding hydrogens is 272 g/mol. The number of fused-ring (bicyclic) bond motifs is 5. The molecule has 0 aromatic rings. The molecule has 0 unspecified atom stereocenters. The van der Waals surface area contributed by atoms with E-state index in [0.717, 1.165) is 31.1 Å². The van der Waals surface area contributed by atoms with E-state index in [0.29, 0.717) is 29.5 Å². The zero-order valence-corrected chi connectivity index (χ0v) is 14.2. The van der Waals surface area contributed by atoms with E-state index in [-0.39, 0.29) is 11.5 Å². The maximum Gasteiger partial charge on any atom is 0.155 e. The topological polar surface area (TPSA) is 37.3 Å². The molecule has 0 aromatic heterocycles. The predicted molar refractivity (Wildman–Crippen MR) is 87.2 cm³/mol. The van der Waals surface area contributed by atoms with Gasteiger partial charge in [-0.2, -0.15) is 0 Å². The van der Waals surface area contributed by atoms with E-state index >= 15 is 0 Å². The molecule has 2 nitrogen and oxygen atoms in total. The lowest BCUT2D eigenvalue weighted by Crippen LogP contribution is -2.50. The third kappa shape index (κ3) is 1.92. The fourth-order valence-corrected chi connectivity index (χ4v) is 6.93. The molecule has 0 amide bonds. The number of aliphatic hydroxyl groups is 1. The third-order valence-corrected chi connectivity index (χ3v) is 7.92. The Hall–Kier alpha value is -0.630. The second kappa shape index (κ2) is 4.93. The standard InChI is InChI=1S/C20H30O2/c1-11-8-13-10-14(21)4-5-15(13)16-6-7-20(3)17(18(11)16)9-12(2)19(20)22/h10-12,15-19,22H,4-9H2,1-3H3/t11-,12+,15+,16-,17-,18-,19-,20+/m1/s1. The van der Waals surface area contributed by atoms with Crippen molar-refractivity contribution in [2.75, 3.05) is 0 Å². The average Bonchev–Trinajstić information content (AvgIpc) is 2.70. The van der Waals surface area contributed by atoms with Crippen molar-refractivity contribution in [1.82, 2.24) is 0 Å². The molecule has 0 spiro atoms. The molecule has 0 saturated heterocycles. The van der Waals surface area contributed by atoms with E-state index in [4.69, 9.17) is 0 Å². The van der Waals surface area contributed by atoms with Gasteiger partial charge in [0.2, 0.25) is 0 Å². The van der Waals surface area contributed by atoms with E-state index in [1.54, 1.807) is 0 Å². The monoisotopic (exact) mass is 302 g/mol. The van der Waals surface area contributed by atoms with Gasteiger partial charge in [-0.3, -0.25) is 4.79 Å². The second-order valence-electron chi connectivity index (χ2n) is 9.06. The van der Waals surface area contributed by atoms with Gasteiger partial charge in [0.25, 0.3) is 0 Å². The van der Waals surface area contributed by atoms with Gasteiger partial charge in [-0.1, -0.05) is 26.3 Å². The Bertz CT molecular complexity index is 522. The summed E-state index contributed by atoms with van der Waals surface area (Å²) in [5.74, 6) is 4.34. The van der Waals surface area contributed by atoms with Crippen LogP contribution in [0.25, 0.3) is 0 Å². The van der Waals surface area contributed by atoms with Crippen LogP contribution in [0.15, 0.2) is 11.6 Å². The van der Waals surface area contributed by atoms with Crippen molar-refractivity contribution in [3.05, 3.63) is 11.6 Å². The average molecular weight is 302 g/mol. The highest BCUT2D eigenvalue weighted by atomic mass is 16.3. The molecule has 0 heterocycles. The summed E-state index contributed by atoms with van der Waals surface area (Å²) in [6.07, 6.45) is 8.46.